The van der Waals surface area contributed by atoms with E-state index in [-0.39, 0.29) is 32.0 Å². The lowest BCUT2D eigenvalue weighted by Gasteiger charge is -2.19. The first kappa shape index (κ1) is 33.5. The van der Waals surface area contributed by atoms with Gasteiger partial charge < -0.3 is 21.1 Å². The fraction of sp³-hybridized carbons (Fsp3) is 0.233. The van der Waals surface area contributed by atoms with E-state index in [1.165, 1.54) is 36.7 Å². The molecule has 0 aliphatic heterocycles. The summed E-state index contributed by atoms with van der Waals surface area (Å²) in [6.07, 6.45) is -5.62. The Morgan fingerprint density at radius 3 is 1.93 bits per heavy atom. The predicted molar refractivity (Wildman–Crippen MR) is 150 cm³/mol. The summed E-state index contributed by atoms with van der Waals surface area (Å²) >= 11 is 0. The normalized spacial score (nSPS) is 12.0. The molecule has 12 heteroatoms. The van der Waals surface area contributed by atoms with E-state index in [2.05, 4.69) is 27.8 Å². The average Bonchev–Trinajstić information content (AvgIpc) is 2.95. The van der Waals surface area contributed by atoms with E-state index in [1.807, 2.05) is 0 Å². The molecule has 3 amide bonds. The minimum absolute atomic E-state index is 0. The van der Waals surface area contributed by atoms with E-state index < -0.39 is 35.7 Å². The molecular weight excluding hydrogens is 553 g/mol. The van der Waals surface area contributed by atoms with Gasteiger partial charge in [0.05, 0.1) is 18.2 Å². The van der Waals surface area contributed by atoms with Crippen molar-refractivity contribution >= 4 is 23.4 Å². The van der Waals surface area contributed by atoms with E-state index in [0.29, 0.717) is 22.4 Å². The topological polar surface area (TPSA) is 140 Å². The van der Waals surface area contributed by atoms with Gasteiger partial charge in [-0.1, -0.05) is 31.4 Å². The van der Waals surface area contributed by atoms with Crippen molar-refractivity contribution < 1.29 is 37.9 Å². The van der Waals surface area contributed by atoms with Crippen molar-refractivity contribution in [1.82, 2.24) is 16.1 Å². The van der Waals surface area contributed by atoms with Crippen molar-refractivity contribution in [2.24, 2.45) is 0 Å². The molecule has 3 aromatic rings. The van der Waals surface area contributed by atoms with Crippen LogP contribution in [0.25, 0.3) is 0 Å². The largest absolute Gasteiger partial charge is 0.416 e. The van der Waals surface area contributed by atoms with E-state index >= 15 is 0 Å². The maximum atomic E-state index is 12.6. The van der Waals surface area contributed by atoms with Gasteiger partial charge in [-0.15, -0.1) is 0 Å². The number of aliphatic hydroxyl groups excluding tert-OH is 1. The average molecular weight is 585 g/mol. The van der Waals surface area contributed by atoms with Crippen LogP contribution in [0.4, 0.5) is 18.9 Å². The highest BCUT2D eigenvalue weighted by Gasteiger charge is 2.30. The maximum Gasteiger partial charge on any atom is 0.416 e. The fourth-order valence-electron chi connectivity index (χ4n) is 3.52. The van der Waals surface area contributed by atoms with Crippen LogP contribution in [0.15, 0.2) is 72.8 Å². The number of carbonyl (C=O) groups excluding carboxylic acids is 3. The molecule has 0 heterocycles. The number of rotatable bonds is 9. The zero-order valence-corrected chi connectivity index (χ0v) is 21.8. The smallest absolute Gasteiger partial charge is 0.391 e. The summed E-state index contributed by atoms with van der Waals surface area (Å²) in [4.78, 5) is 36.1. The number of benzene rings is 3. The monoisotopic (exact) mass is 584 g/mol. The number of anilines is 1. The van der Waals surface area contributed by atoms with Crippen LogP contribution >= 0.6 is 0 Å². The standard InChI is InChI=1S/C29H27F3N4O5.CH4/c1-18(37)26(28(40)36-41)35-27(39)22-10-4-19(5-11-22)2-3-20-8-14-24(15-9-20)34-25(38)17-33-16-21-6-12-23(13-7-21)29(30,31)32;/h4-15,18,26,33,37,41H,16-17H2,1H3,(H,34,38)(H,35,39)(H,36,40);1H4/t18-,26+;/m1./s1. The third-order valence-corrected chi connectivity index (χ3v) is 5.72. The van der Waals surface area contributed by atoms with Crippen LogP contribution < -0.4 is 21.4 Å². The van der Waals surface area contributed by atoms with Crippen molar-refractivity contribution in [3.05, 3.63) is 101 Å². The molecule has 2 atom stereocenters. The molecule has 0 radical (unpaired) electrons. The van der Waals surface area contributed by atoms with Gasteiger partial charge in [0.2, 0.25) is 5.91 Å². The number of carbonyl (C=O) groups is 3. The number of alkyl halides is 3. The quantitative estimate of drug-likeness (QED) is 0.129. The molecule has 0 fully saturated rings. The molecular formula is C30H31F3N4O5. The maximum absolute atomic E-state index is 12.6. The summed E-state index contributed by atoms with van der Waals surface area (Å²) in [6, 6.07) is 16.4. The van der Waals surface area contributed by atoms with Crippen LogP contribution in [0.3, 0.4) is 0 Å². The molecule has 0 spiro atoms. The number of hydrogen-bond acceptors (Lipinski definition) is 6. The van der Waals surface area contributed by atoms with Crippen molar-refractivity contribution in [2.45, 2.75) is 39.2 Å². The lowest BCUT2D eigenvalue weighted by atomic mass is 10.1. The Balaban J connectivity index is 0.00000616. The molecule has 3 aromatic carbocycles. The van der Waals surface area contributed by atoms with E-state index in [4.69, 9.17) is 5.21 Å². The van der Waals surface area contributed by atoms with Gasteiger partial charge in [0.15, 0.2) is 0 Å². The van der Waals surface area contributed by atoms with Gasteiger partial charge in [-0.25, -0.2) is 5.48 Å². The molecule has 0 aliphatic rings. The molecule has 42 heavy (non-hydrogen) atoms. The van der Waals surface area contributed by atoms with Gasteiger partial charge in [0.25, 0.3) is 11.8 Å². The molecule has 0 saturated heterocycles. The lowest BCUT2D eigenvalue weighted by Crippen LogP contribution is -2.51. The van der Waals surface area contributed by atoms with Crippen LogP contribution in [0.1, 0.15) is 47.0 Å². The summed E-state index contributed by atoms with van der Waals surface area (Å²) in [5, 5.41) is 26.3. The van der Waals surface area contributed by atoms with Gasteiger partial charge in [-0.2, -0.15) is 13.2 Å². The summed E-state index contributed by atoms with van der Waals surface area (Å²) in [5.74, 6) is 4.03. The Morgan fingerprint density at radius 2 is 1.43 bits per heavy atom. The Bertz CT molecular complexity index is 1410. The highest BCUT2D eigenvalue weighted by Crippen LogP contribution is 2.29. The Morgan fingerprint density at radius 1 is 0.881 bits per heavy atom. The summed E-state index contributed by atoms with van der Waals surface area (Å²) in [7, 11) is 0. The Labute approximate surface area is 241 Å². The van der Waals surface area contributed by atoms with Crippen LogP contribution in [0.2, 0.25) is 0 Å². The molecule has 222 valence electrons. The minimum Gasteiger partial charge on any atom is -0.391 e. The van der Waals surface area contributed by atoms with Crippen molar-refractivity contribution in [2.75, 3.05) is 11.9 Å². The first-order chi connectivity index (χ1) is 19.5. The third kappa shape index (κ3) is 10.0. The zero-order valence-electron chi connectivity index (χ0n) is 21.8. The first-order valence-corrected chi connectivity index (χ1v) is 12.3. The fourth-order valence-corrected chi connectivity index (χ4v) is 3.52. The highest BCUT2D eigenvalue weighted by molar-refractivity contribution is 5.97. The van der Waals surface area contributed by atoms with Gasteiger partial charge >= 0.3 is 6.18 Å². The molecule has 0 saturated carbocycles. The highest BCUT2D eigenvalue weighted by atomic mass is 19.4. The van der Waals surface area contributed by atoms with Gasteiger partial charge in [0, 0.05) is 28.9 Å². The summed E-state index contributed by atoms with van der Waals surface area (Å²) < 4.78 is 37.9. The van der Waals surface area contributed by atoms with Crippen LogP contribution in [0, 0.1) is 11.8 Å². The molecule has 0 aliphatic carbocycles. The van der Waals surface area contributed by atoms with Gasteiger partial charge in [-0.3, -0.25) is 19.6 Å². The minimum atomic E-state index is -4.40. The van der Waals surface area contributed by atoms with Crippen LogP contribution in [0.5, 0.6) is 0 Å². The summed E-state index contributed by atoms with van der Waals surface area (Å²) in [6.45, 7) is 1.49. The Hall–Kier alpha value is -4.70. The zero-order chi connectivity index (χ0) is 30.0. The van der Waals surface area contributed by atoms with Crippen molar-refractivity contribution in [1.29, 1.82) is 0 Å². The SMILES string of the molecule is C.C[C@@H](O)[C@H](NC(=O)c1ccc(C#Cc2ccc(NC(=O)CNCc3ccc(C(F)(F)F)cc3)cc2)cc1)C(=O)NO. The predicted octanol–water partition coefficient (Wildman–Crippen LogP) is 3.45. The second-order valence-corrected chi connectivity index (χ2v) is 8.92. The second-order valence-electron chi connectivity index (χ2n) is 8.92. The molecule has 0 aromatic heterocycles. The summed E-state index contributed by atoms with van der Waals surface area (Å²) in [5.41, 5.74) is 3.32. The van der Waals surface area contributed by atoms with E-state index in [9.17, 15) is 32.7 Å². The number of hydroxylamine groups is 1. The first-order valence-electron chi connectivity index (χ1n) is 12.3. The van der Waals surface area contributed by atoms with Crippen molar-refractivity contribution in [3.63, 3.8) is 0 Å². The number of amides is 3. The molecule has 3 rings (SSSR count). The van der Waals surface area contributed by atoms with Gasteiger partial charge in [-0.05, 0) is 73.2 Å². The lowest BCUT2D eigenvalue weighted by molar-refractivity contribution is -0.137. The molecule has 9 nitrogen and oxygen atoms in total. The van der Waals surface area contributed by atoms with Crippen molar-refractivity contribution in [3.8, 4) is 11.8 Å². The van der Waals surface area contributed by atoms with E-state index in [0.717, 1.165) is 12.1 Å². The molecule has 0 bridgehead atoms. The molecule has 6 N–H and O–H groups in total. The van der Waals surface area contributed by atoms with Crippen LogP contribution in [-0.2, 0) is 22.3 Å². The number of hydrogen-bond donors (Lipinski definition) is 6. The van der Waals surface area contributed by atoms with Gasteiger partial charge in [0.1, 0.15) is 6.04 Å². The van der Waals surface area contributed by atoms with Crippen LogP contribution in [-0.4, -0.2) is 46.7 Å². The number of halogens is 3. The Kier molecular flexibility index (Phi) is 12.2. The van der Waals surface area contributed by atoms with E-state index in [1.54, 1.807) is 36.4 Å². The molecule has 0 unspecified atom stereocenters. The number of nitrogens with one attached hydrogen (secondary N) is 4. The second kappa shape index (κ2) is 15.3. The number of aliphatic hydroxyl groups is 1. The third-order valence-electron chi connectivity index (χ3n) is 5.72.